The molecule has 0 unspecified atom stereocenters. The molecular weight excluding hydrogens is 306 g/mol. The van der Waals surface area contributed by atoms with Crippen molar-refractivity contribution in [2.24, 2.45) is 0 Å². The molecule has 0 atom stereocenters. The van der Waals surface area contributed by atoms with Crippen molar-refractivity contribution < 1.29 is 0 Å². The lowest BCUT2D eigenvalue weighted by Gasteiger charge is -1.91. The largest absolute Gasteiger partial charge is 0.266 e. The van der Waals surface area contributed by atoms with Crippen LogP contribution in [0.15, 0.2) is 34.8 Å². The first-order valence-corrected chi connectivity index (χ1v) is 5.16. The number of alkyl halides is 4. The third-order valence-electron chi connectivity index (χ3n) is 0.733. The molecular formula is C7H5BrCl4. The van der Waals surface area contributed by atoms with Gasteiger partial charge in [0.2, 0.25) is 0 Å². The lowest BCUT2D eigenvalue weighted by molar-refractivity contribution is 1.66. The molecule has 0 bridgehead atoms. The van der Waals surface area contributed by atoms with Crippen molar-refractivity contribution in [3.05, 3.63) is 34.8 Å². The van der Waals surface area contributed by atoms with Gasteiger partial charge in [-0.1, -0.05) is 80.5 Å². The smallest absolute Gasteiger partial charge is 0.0664 e. The zero-order valence-electron chi connectivity index (χ0n) is 5.78. The highest BCUT2D eigenvalue weighted by atomic mass is 79.9. The topological polar surface area (TPSA) is 0 Å². The van der Waals surface area contributed by atoms with Crippen LogP contribution >= 0.6 is 62.3 Å². The standard InChI is InChI=1S/C6H5Br.CCl4/c7-6-4-2-1-3-5-6;2-1(3,4)5/h1-5H;. The van der Waals surface area contributed by atoms with Gasteiger partial charge in [0.25, 0.3) is 3.25 Å². The Morgan fingerprint density at radius 2 is 1.25 bits per heavy atom. The van der Waals surface area contributed by atoms with E-state index in [2.05, 4.69) is 15.9 Å². The Morgan fingerprint density at radius 3 is 1.42 bits per heavy atom. The number of hydrogen-bond acceptors (Lipinski definition) is 0. The number of hydrogen-bond donors (Lipinski definition) is 0. The molecule has 1 aromatic rings. The van der Waals surface area contributed by atoms with Crippen LogP contribution < -0.4 is 0 Å². The molecule has 0 spiro atoms. The molecule has 0 fully saturated rings. The summed E-state index contributed by atoms with van der Waals surface area (Å²) in [5.74, 6) is 0. The molecule has 12 heavy (non-hydrogen) atoms. The second-order valence-electron chi connectivity index (χ2n) is 1.72. The molecule has 0 aliphatic rings. The minimum Gasteiger partial charge on any atom is -0.0664 e. The summed E-state index contributed by atoms with van der Waals surface area (Å²) in [6, 6.07) is 9.97. The molecule has 68 valence electrons. The van der Waals surface area contributed by atoms with Crippen LogP contribution in [-0.2, 0) is 0 Å². The third-order valence-corrected chi connectivity index (χ3v) is 1.26. The van der Waals surface area contributed by atoms with Crippen LogP contribution in [0, 0.1) is 0 Å². The second-order valence-corrected chi connectivity index (χ2v) is 6.07. The van der Waals surface area contributed by atoms with E-state index in [4.69, 9.17) is 46.4 Å². The van der Waals surface area contributed by atoms with Gasteiger partial charge >= 0.3 is 0 Å². The van der Waals surface area contributed by atoms with Crippen molar-refractivity contribution in [1.82, 2.24) is 0 Å². The van der Waals surface area contributed by atoms with E-state index in [0.717, 1.165) is 4.47 Å². The molecule has 0 heterocycles. The van der Waals surface area contributed by atoms with Crippen molar-refractivity contribution in [2.75, 3.05) is 0 Å². The molecule has 5 heteroatoms. The fourth-order valence-corrected chi connectivity index (χ4v) is 0.720. The van der Waals surface area contributed by atoms with Crippen LogP contribution in [0.4, 0.5) is 0 Å². The van der Waals surface area contributed by atoms with Gasteiger partial charge in [0.05, 0.1) is 0 Å². The summed E-state index contributed by atoms with van der Waals surface area (Å²) in [6.07, 6.45) is 0. The lowest BCUT2D eigenvalue weighted by atomic mass is 10.4. The molecule has 0 aliphatic heterocycles. The molecule has 0 aromatic heterocycles. The number of benzene rings is 1. The van der Waals surface area contributed by atoms with Crippen molar-refractivity contribution in [1.29, 1.82) is 0 Å². The number of rotatable bonds is 0. The Balaban J connectivity index is 0.000000217. The molecule has 0 amide bonds. The highest BCUT2D eigenvalue weighted by Crippen LogP contribution is 2.29. The predicted octanol–water partition coefficient (Wildman–Crippen LogP) is 5.00. The fourth-order valence-electron chi connectivity index (χ4n) is 0.415. The lowest BCUT2D eigenvalue weighted by Crippen LogP contribution is -1.81. The summed E-state index contributed by atoms with van der Waals surface area (Å²) in [4.78, 5) is 0. The van der Waals surface area contributed by atoms with Gasteiger partial charge in [0.15, 0.2) is 0 Å². The molecule has 0 N–H and O–H groups in total. The van der Waals surface area contributed by atoms with Crippen LogP contribution in [0.3, 0.4) is 0 Å². The summed E-state index contributed by atoms with van der Waals surface area (Å²) in [5, 5.41) is 0. The van der Waals surface area contributed by atoms with E-state index in [1.807, 2.05) is 30.3 Å². The SMILES string of the molecule is Brc1ccccc1.ClC(Cl)(Cl)Cl. The monoisotopic (exact) mass is 308 g/mol. The van der Waals surface area contributed by atoms with E-state index < -0.39 is 3.25 Å². The fraction of sp³-hybridized carbons (Fsp3) is 0.143. The Bertz CT molecular complexity index is 200. The zero-order valence-corrected chi connectivity index (χ0v) is 10.4. The molecule has 0 radical (unpaired) electrons. The first-order chi connectivity index (χ1) is 5.39. The second kappa shape index (κ2) is 6.33. The Labute approximate surface area is 99.9 Å². The van der Waals surface area contributed by atoms with Crippen LogP contribution in [0.2, 0.25) is 0 Å². The molecule has 0 aliphatic carbocycles. The van der Waals surface area contributed by atoms with Crippen molar-refractivity contribution >= 4 is 62.3 Å². The summed E-state index contributed by atoms with van der Waals surface area (Å²) < 4.78 is -0.477. The Kier molecular flexibility index (Phi) is 6.79. The highest BCUT2D eigenvalue weighted by Gasteiger charge is 2.11. The summed E-state index contributed by atoms with van der Waals surface area (Å²) >= 11 is 22.6. The zero-order chi connectivity index (χ0) is 9.61. The quantitative estimate of drug-likeness (QED) is 0.591. The maximum atomic E-state index is 4.83. The van der Waals surface area contributed by atoms with E-state index in [-0.39, 0.29) is 0 Å². The first-order valence-electron chi connectivity index (χ1n) is 2.86. The van der Waals surface area contributed by atoms with E-state index in [9.17, 15) is 0 Å². The molecule has 1 rings (SSSR count). The van der Waals surface area contributed by atoms with Crippen LogP contribution in [0.1, 0.15) is 0 Å². The van der Waals surface area contributed by atoms with Crippen molar-refractivity contribution in [2.45, 2.75) is 3.25 Å². The minimum absolute atomic E-state index is 1.13. The van der Waals surface area contributed by atoms with E-state index in [0.29, 0.717) is 0 Å². The van der Waals surface area contributed by atoms with E-state index >= 15 is 0 Å². The average molecular weight is 311 g/mol. The van der Waals surface area contributed by atoms with Gasteiger partial charge in [0.1, 0.15) is 0 Å². The van der Waals surface area contributed by atoms with Crippen molar-refractivity contribution in [3.8, 4) is 0 Å². The Morgan fingerprint density at radius 1 is 0.917 bits per heavy atom. The highest BCUT2D eigenvalue weighted by molar-refractivity contribution is 9.10. The minimum atomic E-state index is -1.61. The summed E-state index contributed by atoms with van der Waals surface area (Å²) in [7, 11) is 0. The van der Waals surface area contributed by atoms with Gasteiger partial charge in [0, 0.05) is 4.47 Å². The normalized spacial score (nSPS) is 10.1. The van der Waals surface area contributed by atoms with Gasteiger partial charge < -0.3 is 0 Å². The molecule has 0 saturated heterocycles. The van der Waals surface area contributed by atoms with E-state index in [1.165, 1.54) is 0 Å². The van der Waals surface area contributed by atoms with Gasteiger partial charge in [-0.2, -0.15) is 0 Å². The number of halogens is 5. The average Bonchev–Trinajstić information content (AvgIpc) is 1.85. The maximum Gasteiger partial charge on any atom is 0.266 e. The molecule has 0 nitrogen and oxygen atoms in total. The maximum absolute atomic E-state index is 4.83. The Hall–Kier alpha value is 0.860. The first kappa shape index (κ1) is 12.9. The van der Waals surface area contributed by atoms with Crippen LogP contribution in [0.25, 0.3) is 0 Å². The predicted molar refractivity (Wildman–Crippen MR) is 60.3 cm³/mol. The van der Waals surface area contributed by atoms with E-state index in [1.54, 1.807) is 0 Å². The van der Waals surface area contributed by atoms with Crippen molar-refractivity contribution in [3.63, 3.8) is 0 Å². The summed E-state index contributed by atoms with van der Waals surface area (Å²) in [5.41, 5.74) is 0. The van der Waals surface area contributed by atoms with Gasteiger partial charge in [-0.25, -0.2) is 0 Å². The molecule has 1 aromatic carbocycles. The van der Waals surface area contributed by atoms with Crippen LogP contribution in [0.5, 0.6) is 0 Å². The van der Waals surface area contributed by atoms with Crippen LogP contribution in [-0.4, -0.2) is 3.25 Å². The summed E-state index contributed by atoms with van der Waals surface area (Å²) in [6.45, 7) is 0. The van der Waals surface area contributed by atoms with Gasteiger partial charge in [-0.05, 0) is 12.1 Å². The van der Waals surface area contributed by atoms with Gasteiger partial charge in [-0.15, -0.1) is 0 Å². The van der Waals surface area contributed by atoms with Gasteiger partial charge in [-0.3, -0.25) is 0 Å². The molecule has 0 saturated carbocycles. The third kappa shape index (κ3) is 13.4.